The average molecular weight is 734 g/mol. The summed E-state index contributed by atoms with van der Waals surface area (Å²) in [5, 5.41) is 6.69. The normalized spacial score (nSPS) is 23.5. The molecule has 280 valence electrons. The molecule has 2 aliphatic carbocycles. The van der Waals surface area contributed by atoms with Crippen LogP contribution in [0.5, 0.6) is 0 Å². The van der Waals surface area contributed by atoms with Crippen molar-refractivity contribution >= 4 is 28.0 Å². The van der Waals surface area contributed by atoms with E-state index in [4.69, 9.17) is 0 Å². The highest BCUT2D eigenvalue weighted by molar-refractivity contribution is 5.93. The lowest BCUT2D eigenvalue weighted by Gasteiger charge is -2.38. The standard InChI is InChI=1S/C42H45F2N7O3/c1-27-22-48(19-18-45-27)26-42(2)16-14-29(15-17-42)30-4-3-5-34(20-30)51-37-12-8-31(43)21-35(37)40(53)50(41(51)54)23-28-6-10-33(11-7-28)46-39(52)36-25-49-24-32(44)9-13-38(49)47-36/h3-5,8-9,12-16,20-21,24-25,27-28,33,45H,6-7,10-11,17-19,22-23,26H2,1-2H3,(H,46,52)/t27-,28?,33?,42?/m0/s1. The van der Waals surface area contributed by atoms with E-state index in [1.165, 1.54) is 56.3 Å². The predicted molar refractivity (Wildman–Crippen MR) is 206 cm³/mol. The Labute approximate surface area is 311 Å². The molecule has 1 aliphatic heterocycles. The Morgan fingerprint density at radius 1 is 1.02 bits per heavy atom. The third kappa shape index (κ3) is 7.32. The summed E-state index contributed by atoms with van der Waals surface area (Å²) < 4.78 is 32.5. The van der Waals surface area contributed by atoms with Gasteiger partial charge in [-0.25, -0.2) is 18.6 Å². The predicted octanol–water partition coefficient (Wildman–Crippen LogP) is 5.71. The van der Waals surface area contributed by atoms with Crippen molar-refractivity contribution in [3.05, 3.63) is 129 Å². The smallest absolute Gasteiger partial charge is 0.336 e. The first-order valence-electron chi connectivity index (χ1n) is 18.9. The van der Waals surface area contributed by atoms with E-state index >= 15 is 0 Å². The van der Waals surface area contributed by atoms with Gasteiger partial charge in [-0.1, -0.05) is 37.3 Å². The summed E-state index contributed by atoms with van der Waals surface area (Å²) in [6.45, 7) is 8.76. The maximum Gasteiger partial charge on any atom is 0.336 e. The largest absolute Gasteiger partial charge is 0.348 e. The van der Waals surface area contributed by atoms with Crippen LogP contribution in [0.25, 0.3) is 27.8 Å². The average Bonchev–Trinajstić information content (AvgIpc) is 3.58. The second-order valence-corrected chi connectivity index (χ2v) is 15.6. The summed E-state index contributed by atoms with van der Waals surface area (Å²) in [6.07, 6.45) is 13.1. The second-order valence-electron chi connectivity index (χ2n) is 15.6. The van der Waals surface area contributed by atoms with Crippen LogP contribution in [0.3, 0.4) is 0 Å². The van der Waals surface area contributed by atoms with Gasteiger partial charge in [0.1, 0.15) is 23.0 Å². The number of nitrogens with one attached hydrogen (secondary N) is 2. The molecule has 0 radical (unpaired) electrons. The molecule has 2 aromatic carbocycles. The van der Waals surface area contributed by atoms with Gasteiger partial charge in [0.15, 0.2) is 0 Å². The Morgan fingerprint density at radius 2 is 1.83 bits per heavy atom. The molecule has 2 fully saturated rings. The molecule has 12 heteroatoms. The number of benzene rings is 2. The lowest BCUT2D eigenvalue weighted by Crippen LogP contribution is -2.51. The van der Waals surface area contributed by atoms with Crippen molar-refractivity contribution in [2.45, 2.75) is 64.6 Å². The quantitative estimate of drug-likeness (QED) is 0.212. The van der Waals surface area contributed by atoms with Crippen LogP contribution in [-0.4, -0.2) is 67.6 Å². The highest BCUT2D eigenvalue weighted by atomic mass is 19.1. The van der Waals surface area contributed by atoms with E-state index in [0.717, 1.165) is 43.7 Å². The first-order chi connectivity index (χ1) is 26.0. The molecule has 3 aliphatic rings. The number of halogens is 2. The fourth-order valence-electron chi connectivity index (χ4n) is 8.41. The van der Waals surface area contributed by atoms with Crippen LogP contribution in [0, 0.1) is 23.0 Å². The Kier molecular flexibility index (Phi) is 9.65. The number of piperazine rings is 1. The molecule has 1 unspecified atom stereocenters. The summed E-state index contributed by atoms with van der Waals surface area (Å²) in [5.41, 5.74) is 2.69. The minimum Gasteiger partial charge on any atom is -0.348 e. The van der Waals surface area contributed by atoms with Gasteiger partial charge >= 0.3 is 5.69 Å². The van der Waals surface area contributed by atoms with E-state index in [9.17, 15) is 23.2 Å². The monoisotopic (exact) mass is 733 g/mol. The zero-order chi connectivity index (χ0) is 37.6. The number of imidazole rings is 1. The molecule has 10 nitrogen and oxygen atoms in total. The maximum atomic E-state index is 14.6. The Bertz CT molecular complexity index is 2420. The summed E-state index contributed by atoms with van der Waals surface area (Å²) in [5.74, 6) is -1.30. The van der Waals surface area contributed by atoms with Gasteiger partial charge in [-0.3, -0.25) is 23.6 Å². The third-order valence-corrected chi connectivity index (χ3v) is 11.3. The van der Waals surface area contributed by atoms with E-state index in [0.29, 0.717) is 48.6 Å². The molecule has 2 N–H and O–H groups in total. The SMILES string of the molecule is C[C@H]1CN(CC2(C)C=CC(c3cccc(-n4c(=O)n(CC5CCC(NC(=O)c6cn7cc(F)ccc7n6)CC5)c(=O)c5cc(F)ccc54)c3)=CC2)CCN1. The van der Waals surface area contributed by atoms with Crippen molar-refractivity contribution < 1.29 is 13.6 Å². The van der Waals surface area contributed by atoms with Crippen LogP contribution in [0.1, 0.15) is 62.0 Å². The molecule has 54 heavy (non-hydrogen) atoms. The van der Waals surface area contributed by atoms with Crippen LogP contribution in [0.4, 0.5) is 8.78 Å². The van der Waals surface area contributed by atoms with Crippen molar-refractivity contribution in [3.8, 4) is 5.69 Å². The fraction of sp³-hybridized carbons (Fsp3) is 0.381. The van der Waals surface area contributed by atoms with E-state index < -0.39 is 22.9 Å². The molecule has 1 saturated heterocycles. The van der Waals surface area contributed by atoms with Crippen molar-refractivity contribution in [2.24, 2.45) is 11.3 Å². The maximum absolute atomic E-state index is 14.6. The van der Waals surface area contributed by atoms with Gasteiger partial charge in [-0.05, 0) is 98.5 Å². The number of carbonyl (C=O) groups excluding carboxylic acids is 1. The molecular formula is C42H45F2N7O3. The number of allylic oxidation sites excluding steroid dienone is 3. The number of pyridine rings is 1. The Morgan fingerprint density at radius 3 is 2.61 bits per heavy atom. The van der Waals surface area contributed by atoms with Gasteiger partial charge in [0.2, 0.25) is 0 Å². The fourth-order valence-corrected chi connectivity index (χ4v) is 8.41. The van der Waals surface area contributed by atoms with Crippen molar-refractivity contribution in [1.82, 2.24) is 34.1 Å². The van der Waals surface area contributed by atoms with Gasteiger partial charge in [-0.15, -0.1) is 0 Å². The highest BCUT2D eigenvalue weighted by Crippen LogP contribution is 2.34. The third-order valence-electron chi connectivity index (χ3n) is 11.3. The summed E-state index contributed by atoms with van der Waals surface area (Å²) in [7, 11) is 0. The molecule has 0 spiro atoms. The van der Waals surface area contributed by atoms with E-state index in [2.05, 4.69) is 52.6 Å². The van der Waals surface area contributed by atoms with E-state index in [1.807, 2.05) is 24.3 Å². The molecule has 1 saturated carbocycles. The van der Waals surface area contributed by atoms with Crippen LogP contribution in [0.15, 0.2) is 94.8 Å². The number of fused-ring (bicyclic) bond motifs is 2. The Hall–Kier alpha value is -5.20. The Balaban J connectivity index is 1.00. The number of hydrogen-bond donors (Lipinski definition) is 2. The zero-order valence-electron chi connectivity index (χ0n) is 30.6. The van der Waals surface area contributed by atoms with Crippen molar-refractivity contribution in [2.75, 3.05) is 26.2 Å². The van der Waals surface area contributed by atoms with Crippen LogP contribution < -0.4 is 21.9 Å². The van der Waals surface area contributed by atoms with Crippen molar-refractivity contribution in [3.63, 3.8) is 0 Å². The number of nitrogens with zero attached hydrogens (tertiary/aromatic N) is 5. The van der Waals surface area contributed by atoms with Gasteiger partial charge < -0.3 is 15.0 Å². The topological polar surface area (TPSA) is 106 Å². The summed E-state index contributed by atoms with van der Waals surface area (Å²) in [6, 6.07) is 14.9. The minimum absolute atomic E-state index is 0.00349. The van der Waals surface area contributed by atoms with Crippen LogP contribution >= 0.6 is 0 Å². The minimum atomic E-state index is -0.548. The second kappa shape index (κ2) is 14.6. The number of carbonyl (C=O) groups is 1. The zero-order valence-corrected chi connectivity index (χ0v) is 30.6. The molecule has 5 aromatic rings. The van der Waals surface area contributed by atoms with E-state index in [-0.39, 0.29) is 40.9 Å². The molecule has 8 rings (SSSR count). The molecule has 4 heterocycles. The molecule has 3 aromatic heterocycles. The molecule has 0 bridgehead atoms. The van der Waals surface area contributed by atoms with Gasteiger partial charge in [0.25, 0.3) is 11.5 Å². The van der Waals surface area contributed by atoms with Crippen molar-refractivity contribution in [1.29, 1.82) is 0 Å². The lowest BCUT2D eigenvalue weighted by atomic mass is 9.80. The number of hydrogen-bond acceptors (Lipinski definition) is 6. The number of amides is 1. The number of rotatable bonds is 8. The lowest BCUT2D eigenvalue weighted by molar-refractivity contribution is 0.0915. The van der Waals surface area contributed by atoms with Crippen LogP contribution in [-0.2, 0) is 6.54 Å². The van der Waals surface area contributed by atoms with E-state index in [1.54, 1.807) is 0 Å². The van der Waals surface area contributed by atoms with Gasteiger partial charge in [0, 0.05) is 62.6 Å². The highest BCUT2D eigenvalue weighted by Gasteiger charge is 2.29. The number of aromatic nitrogens is 4. The molecule has 2 atom stereocenters. The van der Waals surface area contributed by atoms with Gasteiger partial charge in [0.05, 0.1) is 16.6 Å². The van der Waals surface area contributed by atoms with Crippen LogP contribution in [0.2, 0.25) is 0 Å². The summed E-state index contributed by atoms with van der Waals surface area (Å²) in [4.78, 5) is 48.0. The van der Waals surface area contributed by atoms with Gasteiger partial charge in [-0.2, -0.15) is 0 Å². The molecular weight excluding hydrogens is 689 g/mol. The summed E-state index contributed by atoms with van der Waals surface area (Å²) >= 11 is 0. The first-order valence-corrected chi connectivity index (χ1v) is 18.9. The first kappa shape index (κ1) is 35.8. The molecule has 1 amide bonds.